The molecule has 2 saturated heterocycles. The molecular formula is C26H35BrO5. The average Bonchev–Trinajstić information content (AvgIpc) is 2.75. The van der Waals surface area contributed by atoms with E-state index in [-0.39, 0.29) is 23.4 Å². The highest BCUT2D eigenvalue weighted by molar-refractivity contribution is 9.10. The first-order chi connectivity index (χ1) is 15.0. The summed E-state index contributed by atoms with van der Waals surface area (Å²) in [4.78, 5) is 0. The minimum atomic E-state index is -0.434. The Bertz CT molecular complexity index is 826. The van der Waals surface area contributed by atoms with Crippen molar-refractivity contribution < 1.29 is 24.1 Å². The third-order valence-corrected chi connectivity index (χ3v) is 5.86. The number of hydrogen-bond acceptors (Lipinski definition) is 5. The minimum absolute atomic E-state index is 0.0933. The third kappa shape index (κ3) is 7.37. The van der Waals surface area contributed by atoms with E-state index < -0.39 is 6.10 Å². The lowest BCUT2D eigenvalue weighted by atomic mass is 9.95. The lowest BCUT2D eigenvalue weighted by molar-refractivity contribution is -0.226. The van der Waals surface area contributed by atoms with Crippen LogP contribution in [-0.4, -0.2) is 31.5 Å². The van der Waals surface area contributed by atoms with Gasteiger partial charge in [0.2, 0.25) is 0 Å². The van der Waals surface area contributed by atoms with Crippen molar-refractivity contribution in [2.24, 2.45) is 10.8 Å². The molecule has 0 aliphatic carbocycles. The van der Waals surface area contributed by atoms with Crippen LogP contribution < -0.4 is 0 Å². The Morgan fingerprint density at radius 2 is 1.06 bits per heavy atom. The molecule has 2 heterocycles. The van der Waals surface area contributed by atoms with E-state index in [1.807, 2.05) is 48.5 Å². The van der Waals surface area contributed by atoms with E-state index >= 15 is 0 Å². The standard InChI is InChI=1S/C14H20O3.C12H15BrO2/c1-10(15)11-4-6-12(7-5-11)13-16-8-14(2,3)9-17-13;1-12(2)7-14-11(15-8-12)9-3-5-10(13)6-4-9/h4-7,10,13,15H,8-9H2,1-3H3;3-6,11H,7-8H2,1-2H3. The molecule has 0 amide bonds. The second-order valence-electron chi connectivity index (χ2n) is 10.1. The van der Waals surface area contributed by atoms with Crippen molar-refractivity contribution in [1.29, 1.82) is 0 Å². The molecule has 0 saturated carbocycles. The van der Waals surface area contributed by atoms with Crippen LogP contribution >= 0.6 is 15.9 Å². The molecule has 2 aliphatic heterocycles. The summed E-state index contributed by atoms with van der Waals surface area (Å²) in [7, 11) is 0. The average molecular weight is 507 g/mol. The van der Waals surface area contributed by atoms with Crippen molar-refractivity contribution in [1.82, 2.24) is 0 Å². The lowest BCUT2D eigenvalue weighted by Crippen LogP contribution is -2.33. The molecule has 6 heteroatoms. The Morgan fingerprint density at radius 1 is 0.719 bits per heavy atom. The normalized spacial score (nSPS) is 22.0. The summed E-state index contributed by atoms with van der Waals surface area (Å²) in [6, 6.07) is 15.8. The van der Waals surface area contributed by atoms with Crippen LogP contribution in [0.2, 0.25) is 0 Å². The highest BCUT2D eigenvalue weighted by Gasteiger charge is 2.30. The van der Waals surface area contributed by atoms with E-state index in [4.69, 9.17) is 18.9 Å². The van der Waals surface area contributed by atoms with Crippen LogP contribution in [0.15, 0.2) is 53.0 Å². The fourth-order valence-corrected chi connectivity index (χ4v) is 3.59. The maximum Gasteiger partial charge on any atom is 0.183 e. The zero-order valence-corrected chi connectivity index (χ0v) is 21.2. The van der Waals surface area contributed by atoms with Gasteiger partial charge in [-0.2, -0.15) is 0 Å². The summed E-state index contributed by atoms with van der Waals surface area (Å²) >= 11 is 3.41. The second kappa shape index (κ2) is 10.8. The van der Waals surface area contributed by atoms with Gasteiger partial charge in [-0.3, -0.25) is 0 Å². The molecule has 2 aliphatic rings. The van der Waals surface area contributed by atoms with Gasteiger partial charge >= 0.3 is 0 Å². The Kier molecular flexibility index (Phi) is 8.53. The predicted octanol–water partition coefficient (Wildman–Crippen LogP) is 6.33. The van der Waals surface area contributed by atoms with E-state index in [9.17, 15) is 5.11 Å². The van der Waals surface area contributed by atoms with Gasteiger partial charge in [0.25, 0.3) is 0 Å². The molecule has 1 atom stereocenters. The number of ether oxygens (including phenoxy) is 4. The van der Waals surface area contributed by atoms with E-state index in [0.29, 0.717) is 13.2 Å². The highest BCUT2D eigenvalue weighted by atomic mass is 79.9. The van der Waals surface area contributed by atoms with Crippen molar-refractivity contribution in [2.75, 3.05) is 26.4 Å². The van der Waals surface area contributed by atoms with Crippen molar-refractivity contribution >= 4 is 15.9 Å². The largest absolute Gasteiger partial charge is 0.389 e. The van der Waals surface area contributed by atoms with Crippen molar-refractivity contribution in [2.45, 2.75) is 53.3 Å². The summed E-state index contributed by atoms with van der Waals surface area (Å²) in [5.74, 6) is 0. The lowest BCUT2D eigenvalue weighted by Gasteiger charge is -2.34. The summed E-state index contributed by atoms with van der Waals surface area (Å²) in [6.45, 7) is 13.2. The van der Waals surface area contributed by atoms with Gasteiger partial charge in [-0.15, -0.1) is 0 Å². The predicted molar refractivity (Wildman–Crippen MR) is 128 cm³/mol. The van der Waals surface area contributed by atoms with E-state index in [1.54, 1.807) is 6.92 Å². The summed E-state index contributed by atoms with van der Waals surface area (Å²) in [6.07, 6.45) is -0.909. The Labute approximate surface area is 200 Å². The number of hydrogen-bond donors (Lipinski definition) is 1. The second-order valence-corrected chi connectivity index (χ2v) is 11.0. The molecule has 2 fully saturated rings. The van der Waals surface area contributed by atoms with Crippen LogP contribution in [-0.2, 0) is 18.9 Å². The minimum Gasteiger partial charge on any atom is -0.389 e. The molecule has 4 rings (SSSR count). The Morgan fingerprint density at radius 3 is 1.41 bits per heavy atom. The molecular weight excluding hydrogens is 472 g/mol. The van der Waals surface area contributed by atoms with Crippen molar-refractivity contribution in [3.05, 3.63) is 69.7 Å². The van der Waals surface area contributed by atoms with Gasteiger partial charge < -0.3 is 24.1 Å². The number of aliphatic hydroxyl groups excluding tert-OH is 1. The maximum absolute atomic E-state index is 9.43. The molecule has 5 nitrogen and oxygen atoms in total. The molecule has 0 radical (unpaired) electrons. The quantitative estimate of drug-likeness (QED) is 0.526. The summed E-state index contributed by atoms with van der Waals surface area (Å²) in [5.41, 5.74) is 3.21. The van der Waals surface area contributed by atoms with Gasteiger partial charge in [0, 0.05) is 26.4 Å². The molecule has 32 heavy (non-hydrogen) atoms. The van der Waals surface area contributed by atoms with E-state index in [1.165, 1.54) is 0 Å². The zero-order chi connectivity index (χ0) is 23.4. The number of rotatable bonds is 3. The van der Waals surface area contributed by atoms with Crippen LogP contribution in [0.5, 0.6) is 0 Å². The van der Waals surface area contributed by atoms with Gasteiger partial charge in [-0.05, 0) is 24.6 Å². The van der Waals surface area contributed by atoms with Gasteiger partial charge in [0.1, 0.15) is 0 Å². The van der Waals surface area contributed by atoms with E-state index in [2.05, 4.69) is 43.6 Å². The molecule has 1 unspecified atom stereocenters. The zero-order valence-electron chi connectivity index (χ0n) is 19.6. The first-order valence-corrected chi connectivity index (χ1v) is 11.8. The van der Waals surface area contributed by atoms with E-state index in [0.717, 1.165) is 34.4 Å². The summed E-state index contributed by atoms with van der Waals surface area (Å²) < 4.78 is 23.8. The van der Waals surface area contributed by atoms with Crippen LogP contribution in [0.1, 0.15) is 70.0 Å². The fourth-order valence-electron chi connectivity index (χ4n) is 3.32. The molecule has 176 valence electrons. The summed E-state index contributed by atoms with van der Waals surface area (Å²) in [5, 5.41) is 9.43. The molecule has 1 N–H and O–H groups in total. The monoisotopic (exact) mass is 506 g/mol. The SMILES string of the molecule is CC(O)c1ccc(C2OCC(C)(C)CO2)cc1.CC1(C)COC(c2ccc(Br)cc2)OC1. The van der Waals surface area contributed by atoms with Crippen LogP contribution in [0.25, 0.3) is 0 Å². The molecule has 2 aromatic carbocycles. The van der Waals surface area contributed by atoms with Gasteiger partial charge in [-0.1, -0.05) is 80.0 Å². The molecule has 2 aromatic rings. The molecule has 0 spiro atoms. The highest BCUT2D eigenvalue weighted by Crippen LogP contribution is 2.32. The van der Waals surface area contributed by atoms with Crippen LogP contribution in [0.3, 0.4) is 0 Å². The first kappa shape index (κ1) is 25.3. The third-order valence-electron chi connectivity index (χ3n) is 5.33. The van der Waals surface area contributed by atoms with Crippen molar-refractivity contribution in [3.8, 4) is 0 Å². The molecule has 0 bridgehead atoms. The number of halogens is 1. The van der Waals surface area contributed by atoms with Crippen LogP contribution in [0.4, 0.5) is 0 Å². The first-order valence-electron chi connectivity index (χ1n) is 11.0. The topological polar surface area (TPSA) is 57.2 Å². The van der Waals surface area contributed by atoms with Gasteiger partial charge in [0.05, 0.1) is 32.5 Å². The fraction of sp³-hybridized carbons (Fsp3) is 0.538. The van der Waals surface area contributed by atoms with Crippen LogP contribution in [0, 0.1) is 10.8 Å². The Balaban J connectivity index is 0.000000182. The maximum atomic E-state index is 9.43. The molecule has 0 aromatic heterocycles. The number of benzene rings is 2. The van der Waals surface area contributed by atoms with Gasteiger partial charge in [-0.25, -0.2) is 0 Å². The number of aliphatic hydroxyl groups is 1. The Hall–Kier alpha value is -1.28. The smallest absolute Gasteiger partial charge is 0.183 e. The van der Waals surface area contributed by atoms with Gasteiger partial charge in [0.15, 0.2) is 12.6 Å². The van der Waals surface area contributed by atoms with Crippen molar-refractivity contribution in [3.63, 3.8) is 0 Å².